The third-order valence-corrected chi connectivity index (χ3v) is 2.76. The molecule has 0 aliphatic rings. The molecule has 6 heteroatoms. The Morgan fingerprint density at radius 2 is 2.00 bits per heavy atom. The summed E-state index contributed by atoms with van der Waals surface area (Å²) in [6, 6.07) is 5.99. The zero-order valence-corrected chi connectivity index (χ0v) is 11.0. The normalized spacial score (nSPS) is 10.1. The fourth-order valence-electron chi connectivity index (χ4n) is 1.70. The van der Waals surface area contributed by atoms with Crippen LogP contribution >= 0.6 is 0 Å². The molecule has 102 valence electrons. The summed E-state index contributed by atoms with van der Waals surface area (Å²) in [5.41, 5.74) is 1.19. The Hall–Kier alpha value is -2.76. The molecule has 0 unspecified atom stereocenters. The van der Waals surface area contributed by atoms with E-state index in [9.17, 15) is 14.8 Å². The van der Waals surface area contributed by atoms with Crippen molar-refractivity contribution in [2.45, 2.75) is 6.92 Å². The molecule has 0 aromatic carbocycles. The minimum Gasteiger partial charge on any atom is -0.618 e. The number of methoxy groups -OCH3 is 1. The molecule has 0 radical (unpaired) electrons. The van der Waals surface area contributed by atoms with Crippen molar-refractivity contribution in [3.8, 4) is 11.4 Å². The maximum absolute atomic E-state index is 11.9. The lowest BCUT2D eigenvalue weighted by molar-refractivity contribution is -0.593. The Kier molecular flexibility index (Phi) is 3.74. The minimum absolute atomic E-state index is 0.197. The van der Waals surface area contributed by atoms with Crippen LogP contribution in [-0.4, -0.2) is 23.8 Å². The molecule has 2 aromatic rings. The Labute approximate surface area is 115 Å². The van der Waals surface area contributed by atoms with Gasteiger partial charge in [-0.15, -0.1) is 0 Å². The van der Waals surface area contributed by atoms with Gasteiger partial charge in [0.25, 0.3) is 0 Å². The number of hydrogen-bond donors (Lipinski definition) is 0. The van der Waals surface area contributed by atoms with Crippen molar-refractivity contribution in [3.05, 3.63) is 53.0 Å². The van der Waals surface area contributed by atoms with Crippen molar-refractivity contribution < 1.29 is 19.1 Å². The van der Waals surface area contributed by atoms with E-state index in [4.69, 9.17) is 0 Å². The number of carbonyl (C=O) groups is 2. The number of rotatable bonds is 3. The number of carbonyl (C=O) groups excluding carboxylic acids is 2. The summed E-state index contributed by atoms with van der Waals surface area (Å²) < 4.78 is 5.17. The van der Waals surface area contributed by atoms with Crippen LogP contribution in [0.2, 0.25) is 0 Å². The van der Waals surface area contributed by atoms with Gasteiger partial charge in [0.1, 0.15) is 5.69 Å². The Morgan fingerprint density at radius 1 is 1.25 bits per heavy atom. The van der Waals surface area contributed by atoms with Crippen LogP contribution in [0, 0.1) is 5.21 Å². The number of Topliss-reactive ketones (excluding diaryl/α,β-unsaturated/α-hetero) is 1. The molecule has 2 aromatic heterocycles. The van der Waals surface area contributed by atoms with Crippen molar-refractivity contribution in [1.29, 1.82) is 0 Å². The molecule has 2 rings (SSSR count). The maximum atomic E-state index is 11.9. The average molecular weight is 272 g/mol. The van der Waals surface area contributed by atoms with Gasteiger partial charge < -0.3 is 9.94 Å². The summed E-state index contributed by atoms with van der Waals surface area (Å²) in [5, 5.41) is 11.9. The lowest BCUT2D eigenvalue weighted by Gasteiger charge is -2.06. The van der Waals surface area contributed by atoms with E-state index in [1.54, 1.807) is 6.07 Å². The van der Waals surface area contributed by atoms with Crippen molar-refractivity contribution in [3.63, 3.8) is 0 Å². The Balaban J connectivity index is 2.46. The van der Waals surface area contributed by atoms with Gasteiger partial charge in [-0.3, -0.25) is 4.79 Å². The summed E-state index contributed by atoms with van der Waals surface area (Å²) in [7, 11) is 1.28. The molecule has 0 aliphatic carbocycles. The zero-order chi connectivity index (χ0) is 14.7. The van der Waals surface area contributed by atoms with E-state index in [1.165, 1.54) is 44.6 Å². The second kappa shape index (κ2) is 5.48. The van der Waals surface area contributed by atoms with Gasteiger partial charge in [-0.05, 0) is 25.1 Å². The van der Waals surface area contributed by atoms with Gasteiger partial charge in [0.2, 0.25) is 5.69 Å². The second-order valence-corrected chi connectivity index (χ2v) is 4.11. The van der Waals surface area contributed by atoms with Crippen molar-refractivity contribution in [1.82, 2.24) is 4.98 Å². The van der Waals surface area contributed by atoms with E-state index in [0.717, 1.165) is 0 Å². The minimum atomic E-state index is -0.508. The van der Waals surface area contributed by atoms with Gasteiger partial charge in [0, 0.05) is 12.3 Å². The smallest absolute Gasteiger partial charge is 0.337 e. The van der Waals surface area contributed by atoms with Crippen LogP contribution in [0.4, 0.5) is 0 Å². The molecule has 0 bridgehead atoms. The molecule has 20 heavy (non-hydrogen) atoms. The Morgan fingerprint density at radius 3 is 2.60 bits per heavy atom. The first kappa shape index (κ1) is 13.7. The van der Waals surface area contributed by atoms with E-state index in [2.05, 4.69) is 9.72 Å². The third kappa shape index (κ3) is 2.64. The number of nitrogens with zero attached hydrogens (tertiary/aromatic N) is 2. The van der Waals surface area contributed by atoms with Gasteiger partial charge in [0.15, 0.2) is 12.0 Å². The van der Waals surface area contributed by atoms with E-state index in [-0.39, 0.29) is 11.5 Å². The van der Waals surface area contributed by atoms with E-state index in [1.807, 2.05) is 0 Å². The first-order chi connectivity index (χ1) is 9.52. The molecule has 0 saturated carbocycles. The number of ether oxygens (including phenoxy) is 1. The summed E-state index contributed by atoms with van der Waals surface area (Å²) in [6.45, 7) is 1.38. The molecule has 0 N–H and O–H groups in total. The summed E-state index contributed by atoms with van der Waals surface area (Å²) in [5.74, 6) is -0.705. The van der Waals surface area contributed by atoms with E-state index < -0.39 is 5.97 Å². The van der Waals surface area contributed by atoms with Gasteiger partial charge in [-0.25, -0.2) is 9.78 Å². The van der Waals surface area contributed by atoms with Crippen molar-refractivity contribution in [2.75, 3.05) is 7.11 Å². The quantitative estimate of drug-likeness (QED) is 0.365. The first-order valence-electron chi connectivity index (χ1n) is 5.82. The summed E-state index contributed by atoms with van der Waals surface area (Å²) >= 11 is 0. The SMILES string of the molecule is COC(=O)c1ccnc(-c2ccc(C(C)=O)c[n+]2[O-])c1. The molecule has 0 atom stereocenters. The third-order valence-electron chi connectivity index (χ3n) is 2.76. The second-order valence-electron chi connectivity index (χ2n) is 4.11. The van der Waals surface area contributed by atoms with Crippen molar-refractivity contribution >= 4 is 11.8 Å². The topological polar surface area (TPSA) is 83.2 Å². The van der Waals surface area contributed by atoms with Crippen LogP contribution in [0.1, 0.15) is 27.6 Å². The Bertz CT molecular complexity index is 683. The van der Waals surface area contributed by atoms with Gasteiger partial charge in [0.05, 0.1) is 18.2 Å². The van der Waals surface area contributed by atoms with E-state index in [0.29, 0.717) is 21.6 Å². The van der Waals surface area contributed by atoms with Crippen LogP contribution in [0.3, 0.4) is 0 Å². The highest BCUT2D eigenvalue weighted by Crippen LogP contribution is 2.15. The molecule has 2 heterocycles. The summed E-state index contributed by atoms with van der Waals surface area (Å²) in [6.07, 6.45) is 2.60. The lowest BCUT2D eigenvalue weighted by atomic mass is 10.1. The number of esters is 1. The predicted octanol–water partition coefficient (Wildman–Crippen LogP) is 1.37. The standard InChI is InChI=1S/C14H12N2O4/c1-9(17)11-3-4-13(16(19)8-11)12-7-10(5-6-15-12)14(18)20-2/h3-8H,1-2H3. The molecule has 6 nitrogen and oxygen atoms in total. The average Bonchev–Trinajstić information content (AvgIpc) is 2.46. The molecular weight excluding hydrogens is 260 g/mol. The van der Waals surface area contributed by atoms with Crippen LogP contribution in [0.15, 0.2) is 36.7 Å². The molecular formula is C14H12N2O4. The van der Waals surface area contributed by atoms with Crippen molar-refractivity contribution in [2.24, 2.45) is 0 Å². The largest absolute Gasteiger partial charge is 0.618 e. The number of aromatic nitrogens is 2. The molecule has 0 spiro atoms. The van der Waals surface area contributed by atoms with Crippen LogP contribution in [0.25, 0.3) is 11.4 Å². The highest BCUT2D eigenvalue weighted by molar-refractivity contribution is 5.93. The van der Waals surface area contributed by atoms with Crippen LogP contribution in [-0.2, 0) is 4.74 Å². The van der Waals surface area contributed by atoms with Crippen LogP contribution in [0.5, 0.6) is 0 Å². The molecule has 0 amide bonds. The van der Waals surface area contributed by atoms with E-state index >= 15 is 0 Å². The molecule has 0 saturated heterocycles. The maximum Gasteiger partial charge on any atom is 0.337 e. The molecule has 0 aliphatic heterocycles. The zero-order valence-electron chi connectivity index (χ0n) is 11.0. The highest BCUT2D eigenvalue weighted by Gasteiger charge is 2.15. The number of hydrogen-bond acceptors (Lipinski definition) is 5. The van der Waals surface area contributed by atoms with Gasteiger partial charge in [-0.1, -0.05) is 0 Å². The first-order valence-corrected chi connectivity index (χ1v) is 5.82. The fourth-order valence-corrected chi connectivity index (χ4v) is 1.70. The fraction of sp³-hybridized carbons (Fsp3) is 0.143. The van der Waals surface area contributed by atoms with Gasteiger partial charge in [-0.2, -0.15) is 4.73 Å². The number of ketones is 1. The number of pyridine rings is 2. The predicted molar refractivity (Wildman–Crippen MR) is 70.0 cm³/mol. The summed E-state index contributed by atoms with van der Waals surface area (Å²) in [4.78, 5) is 26.7. The highest BCUT2D eigenvalue weighted by atomic mass is 16.5. The lowest BCUT2D eigenvalue weighted by Crippen LogP contribution is -2.30. The molecule has 0 fully saturated rings. The monoisotopic (exact) mass is 272 g/mol. The van der Waals surface area contributed by atoms with Crippen LogP contribution < -0.4 is 4.73 Å². The van der Waals surface area contributed by atoms with Gasteiger partial charge >= 0.3 is 5.97 Å².